The number of hydrogen-bond donors (Lipinski definition) is 1. The highest BCUT2D eigenvalue weighted by molar-refractivity contribution is 9.10. The van der Waals surface area contributed by atoms with E-state index in [0.717, 1.165) is 24.3 Å². The average Bonchev–Trinajstić information content (AvgIpc) is 2.36. The molecule has 0 amide bonds. The molecule has 2 rings (SSSR count). The molecule has 0 bridgehead atoms. The van der Waals surface area contributed by atoms with E-state index >= 15 is 0 Å². The van der Waals surface area contributed by atoms with E-state index in [1.807, 2.05) is 0 Å². The Balaban J connectivity index is 2.57. The Morgan fingerprint density at radius 2 is 2.27 bits per heavy atom. The molecular weight excluding hydrogens is 208 g/mol. The number of benzene rings is 1. The van der Waals surface area contributed by atoms with Crippen molar-refractivity contribution in [2.45, 2.75) is 6.42 Å². The zero-order chi connectivity index (χ0) is 7.84. The molecule has 0 fully saturated rings. The average molecular weight is 215 g/mol. The molecule has 0 radical (unpaired) electrons. The van der Waals surface area contributed by atoms with E-state index in [1.165, 1.54) is 0 Å². The first-order valence-corrected chi connectivity index (χ1v) is 4.21. The molecule has 2 nitrogen and oxygen atoms in total. The number of halogens is 1. The summed E-state index contributed by atoms with van der Waals surface area (Å²) >= 11 is 3.22. The Hall–Kier alpha value is -0.700. The second-order valence-electron chi connectivity index (χ2n) is 2.51. The normalized spacial score (nSPS) is 14.3. The van der Waals surface area contributed by atoms with Gasteiger partial charge in [-0.15, -0.1) is 0 Å². The number of phenols is 1. The Labute approximate surface area is 72.9 Å². The SMILES string of the molecule is Oc1cc2c(cc1Br)OCC2. The van der Waals surface area contributed by atoms with Crippen molar-refractivity contribution >= 4 is 15.9 Å². The molecule has 1 aromatic rings. The van der Waals surface area contributed by atoms with Gasteiger partial charge >= 0.3 is 0 Å². The van der Waals surface area contributed by atoms with Crippen LogP contribution in [0.4, 0.5) is 0 Å². The lowest BCUT2D eigenvalue weighted by atomic mass is 10.2. The summed E-state index contributed by atoms with van der Waals surface area (Å²) in [6.45, 7) is 0.727. The van der Waals surface area contributed by atoms with Crippen LogP contribution in [0.2, 0.25) is 0 Å². The summed E-state index contributed by atoms with van der Waals surface area (Å²) in [6.07, 6.45) is 0.899. The van der Waals surface area contributed by atoms with E-state index in [-0.39, 0.29) is 5.75 Å². The number of phenolic OH excluding ortho intramolecular Hbond substituents is 1. The second-order valence-corrected chi connectivity index (χ2v) is 3.36. The van der Waals surface area contributed by atoms with Crippen LogP contribution in [0.5, 0.6) is 11.5 Å². The first-order chi connectivity index (χ1) is 5.27. The van der Waals surface area contributed by atoms with Gasteiger partial charge in [0.15, 0.2) is 0 Å². The van der Waals surface area contributed by atoms with Gasteiger partial charge in [0.25, 0.3) is 0 Å². The van der Waals surface area contributed by atoms with Crippen molar-refractivity contribution in [2.75, 3.05) is 6.61 Å². The summed E-state index contributed by atoms with van der Waals surface area (Å²) in [5.74, 6) is 1.17. The van der Waals surface area contributed by atoms with Crippen LogP contribution in [0, 0.1) is 0 Å². The predicted octanol–water partition coefficient (Wildman–Crippen LogP) is 2.09. The summed E-state index contributed by atoms with van der Waals surface area (Å²) in [4.78, 5) is 0. The Morgan fingerprint density at radius 1 is 1.45 bits per heavy atom. The van der Waals surface area contributed by atoms with Gasteiger partial charge in [-0.05, 0) is 28.1 Å². The molecule has 0 unspecified atom stereocenters. The van der Waals surface area contributed by atoms with Crippen LogP contribution in [-0.2, 0) is 6.42 Å². The lowest BCUT2D eigenvalue weighted by molar-refractivity contribution is 0.356. The van der Waals surface area contributed by atoms with Crippen LogP contribution in [0.1, 0.15) is 5.56 Å². The molecule has 58 valence electrons. The van der Waals surface area contributed by atoms with E-state index in [2.05, 4.69) is 15.9 Å². The predicted molar refractivity (Wildman–Crippen MR) is 45.0 cm³/mol. The zero-order valence-electron chi connectivity index (χ0n) is 5.80. The van der Waals surface area contributed by atoms with Crippen LogP contribution < -0.4 is 4.74 Å². The number of fused-ring (bicyclic) bond motifs is 1. The minimum atomic E-state index is 0.286. The first kappa shape index (κ1) is 6.98. The molecule has 0 spiro atoms. The van der Waals surface area contributed by atoms with Gasteiger partial charge in [-0.25, -0.2) is 0 Å². The third-order valence-electron chi connectivity index (χ3n) is 1.76. The fraction of sp³-hybridized carbons (Fsp3) is 0.250. The number of rotatable bonds is 0. The third-order valence-corrected chi connectivity index (χ3v) is 2.39. The van der Waals surface area contributed by atoms with Gasteiger partial charge in [0.05, 0.1) is 11.1 Å². The summed E-state index contributed by atoms with van der Waals surface area (Å²) in [7, 11) is 0. The number of hydrogen-bond acceptors (Lipinski definition) is 2. The van der Waals surface area contributed by atoms with Crippen LogP contribution in [0.25, 0.3) is 0 Å². The van der Waals surface area contributed by atoms with Gasteiger partial charge in [0, 0.05) is 12.0 Å². The fourth-order valence-corrected chi connectivity index (χ4v) is 1.51. The molecule has 0 saturated heterocycles. The minimum absolute atomic E-state index is 0.286. The van der Waals surface area contributed by atoms with Crippen molar-refractivity contribution in [3.8, 4) is 11.5 Å². The van der Waals surface area contributed by atoms with Gasteiger partial charge in [0.2, 0.25) is 0 Å². The van der Waals surface area contributed by atoms with E-state index in [9.17, 15) is 5.11 Å². The maximum absolute atomic E-state index is 9.28. The Bertz CT molecular complexity index is 267. The molecule has 1 aromatic carbocycles. The second kappa shape index (κ2) is 2.41. The molecule has 0 saturated carbocycles. The van der Waals surface area contributed by atoms with Crippen LogP contribution in [0.3, 0.4) is 0 Å². The highest BCUT2D eigenvalue weighted by Crippen LogP contribution is 2.34. The Kier molecular flexibility index (Phi) is 1.53. The largest absolute Gasteiger partial charge is 0.507 e. The van der Waals surface area contributed by atoms with Crippen LogP contribution in [0.15, 0.2) is 16.6 Å². The lowest BCUT2D eigenvalue weighted by Crippen LogP contribution is -1.85. The van der Waals surface area contributed by atoms with E-state index in [4.69, 9.17) is 4.74 Å². The van der Waals surface area contributed by atoms with Crippen molar-refractivity contribution in [3.63, 3.8) is 0 Å². The molecule has 0 aromatic heterocycles. The summed E-state index contributed by atoms with van der Waals surface area (Å²) in [5.41, 5.74) is 1.09. The van der Waals surface area contributed by atoms with Gasteiger partial charge in [-0.3, -0.25) is 0 Å². The van der Waals surface area contributed by atoms with Crippen molar-refractivity contribution in [1.82, 2.24) is 0 Å². The highest BCUT2D eigenvalue weighted by Gasteiger charge is 2.13. The molecule has 1 aliphatic heterocycles. The Morgan fingerprint density at radius 3 is 3.09 bits per heavy atom. The smallest absolute Gasteiger partial charge is 0.130 e. The molecule has 1 heterocycles. The van der Waals surface area contributed by atoms with Crippen molar-refractivity contribution in [1.29, 1.82) is 0 Å². The maximum atomic E-state index is 9.28. The molecular formula is C8H7BrO2. The van der Waals surface area contributed by atoms with Crippen molar-refractivity contribution < 1.29 is 9.84 Å². The lowest BCUT2D eigenvalue weighted by Gasteiger charge is -2.00. The topological polar surface area (TPSA) is 29.5 Å². The number of ether oxygens (including phenoxy) is 1. The van der Waals surface area contributed by atoms with Crippen molar-refractivity contribution in [3.05, 3.63) is 22.2 Å². The van der Waals surface area contributed by atoms with Gasteiger partial charge in [0.1, 0.15) is 11.5 Å². The molecule has 1 aliphatic rings. The standard InChI is InChI=1S/C8H7BrO2/c9-6-4-8-5(1-2-11-8)3-7(6)10/h3-4,10H,1-2H2. The highest BCUT2D eigenvalue weighted by atomic mass is 79.9. The summed E-state index contributed by atoms with van der Waals surface area (Å²) < 4.78 is 5.99. The molecule has 1 N–H and O–H groups in total. The van der Waals surface area contributed by atoms with Crippen molar-refractivity contribution in [2.24, 2.45) is 0 Å². The molecule has 3 heteroatoms. The quantitative estimate of drug-likeness (QED) is 0.717. The van der Waals surface area contributed by atoms with Gasteiger partial charge in [-0.2, -0.15) is 0 Å². The van der Waals surface area contributed by atoms with Gasteiger partial charge < -0.3 is 9.84 Å². The summed E-state index contributed by atoms with van der Waals surface area (Å²) in [5, 5.41) is 9.28. The monoisotopic (exact) mass is 214 g/mol. The first-order valence-electron chi connectivity index (χ1n) is 3.41. The zero-order valence-corrected chi connectivity index (χ0v) is 7.39. The fourth-order valence-electron chi connectivity index (χ4n) is 1.19. The third kappa shape index (κ3) is 1.09. The minimum Gasteiger partial charge on any atom is -0.507 e. The summed E-state index contributed by atoms with van der Waals surface area (Å²) in [6, 6.07) is 3.55. The maximum Gasteiger partial charge on any atom is 0.130 e. The van der Waals surface area contributed by atoms with E-state index < -0.39 is 0 Å². The number of aromatic hydroxyl groups is 1. The molecule has 11 heavy (non-hydrogen) atoms. The van der Waals surface area contributed by atoms with E-state index in [0.29, 0.717) is 4.47 Å². The van der Waals surface area contributed by atoms with E-state index in [1.54, 1.807) is 12.1 Å². The van der Waals surface area contributed by atoms with Gasteiger partial charge in [-0.1, -0.05) is 0 Å². The molecule has 0 atom stereocenters. The molecule has 0 aliphatic carbocycles. The van der Waals surface area contributed by atoms with Crippen LogP contribution in [-0.4, -0.2) is 11.7 Å². The van der Waals surface area contributed by atoms with Crippen LogP contribution >= 0.6 is 15.9 Å².